The quantitative estimate of drug-likeness (QED) is 0.768. The fraction of sp³-hybridized carbons (Fsp3) is 0.500. The van der Waals surface area contributed by atoms with Crippen molar-refractivity contribution in [2.45, 2.75) is 19.4 Å². The number of nitrogens with zero attached hydrogens (tertiary/aromatic N) is 1. The zero-order valence-corrected chi connectivity index (χ0v) is 9.65. The summed E-state index contributed by atoms with van der Waals surface area (Å²) >= 11 is 1.80. The summed E-state index contributed by atoms with van der Waals surface area (Å²) in [4.78, 5) is 3.92. The van der Waals surface area contributed by atoms with E-state index in [1.165, 1.54) is 30.8 Å². The molecule has 0 aromatic carbocycles. The van der Waals surface area contributed by atoms with E-state index in [-0.39, 0.29) is 0 Å². The third kappa shape index (κ3) is 3.07. The van der Waals surface area contributed by atoms with E-state index in [0.717, 1.165) is 12.1 Å². The molecule has 80 valence electrons. The molecule has 1 fully saturated rings. The predicted octanol–water partition coefficient (Wildman–Crippen LogP) is 1.65. The summed E-state index contributed by atoms with van der Waals surface area (Å²) in [6, 6.07) is 2.19. The minimum absolute atomic E-state index is 0.442. The number of rotatable bonds is 2. The van der Waals surface area contributed by atoms with Crippen LogP contribution in [-0.2, 0) is 6.54 Å². The number of hydrogen-bond donors (Lipinski definition) is 1. The highest BCUT2D eigenvalue weighted by atomic mass is 32.1. The van der Waals surface area contributed by atoms with Crippen LogP contribution in [0, 0.1) is 11.8 Å². The zero-order chi connectivity index (χ0) is 10.5. The van der Waals surface area contributed by atoms with Crippen molar-refractivity contribution in [3.8, 4) is 11.8 Å². The maximum atomic E-state index is 5.34. The fourth-order valence-electron chi connectivity index (χ4n) is 1.84. The molecular formula is C12H16N2S. The van der Waals surface area contributed by atoms with Gasteiger partial charge >= 0.3 is 0 Å². The van der Waals surface area contributed by atoms with E-state index in [9.17, 15) is 0 Å². The van der Waals surface area contributed by atoms with E-state index in [0.29, 0.717) is 6.54 Å². The molecule has 1 aromatic rings. The summed E-state index contributed by atoms with van der Waals surface area (Å²) in [7, 11) is 0. The zero-order valence-electron chi connectivity index (χ0n) is 8.83. The summed E-state index contributed by atoms with van der Waals surface area (Å²) in [5, 5.41) is 2.12. The smallest absolute Gasteiger partial charge is 0.0555 e. The summed E-state index contributed by atoms with van der Waals surface area (Å²) in [6.45, 7) is 4.04. The molecule has 0 radical (unpaired) electrons. The van der Waals surface area contributed by atoms with Crippen molar-refractivity contribution in [2.75, 3.05) is 19.6 Å². The van der Waals surface area contributed by atoms with Crippen LogP contribution in [0.25, 0.3) is 0 Å². The summed E-state index contributed by atoms with van der Waals surface area (Å²) in [5.74, 6) is 5.95. The van der Waals surface area contributed by atoms with Crippen molar-refractivity contribution >= 4 is 11.3 Å². The predicted molar refractivity (Wildman–Crippen MR) is 64.8 cm³/mol. The second kappa shape index (κ2) is 5.32. The highest BCUT2D eigenvalue weighted by molar-refractivity contribution is 7.10. The van der Waals surface area contributed by atoms with E-state index in [1.807, 2.05) is 0 Å². The molecule has 0 bridgehead atoms. The van der Waals surface area contributed by atoms with E-state index < -0.39 is 0 Å². The summed E-state index contributed by atoms with van der Waals surface area (Å²) < 4.78 is 0. The van der Waals surface area contributed by atoms with Crippen molar-refractivity contribution in [2.24, 2.45) is 5.73 Å². The van der Waals surface area contributed by atoms with Gasteiger partial charge in [0.05, 0.1) is 6.54 Å². The van der Waals surface area contributed by atoms with E-state index in [4.69, 9.17) is 5.73 Å². The first-order chi connectivity index (χ1) is 7.38. The van der Waals surface area contributed by atoms with Crippen molar-refractivity contribution in [1.82, 2.24) is 4.90 Å². The molecule has 0 atom stereocenters. The Bertz CT molecular complexity index is 366. The highest BCUT2D eigenvalue weighted by Crippen LogP contribution is 2.18. The van der Waals surface area contributed by atoms with Crippen LogP contribution in [-0.4, -0.2) is 24.5 Å². The monoisotopic (exact) mass is 220 g/mol. The van der Waals surface area contributed by atoms with E-state index >= 15 is 0 Å². The Morgan fingerprint density at radius 3 is 2.93 bits per heavy atom. The van der Waals surface area contributed by atoms with Gasteiger partial charge in [-0.25, -0.2) is 0 Å². The molecular weight excluding hydrogens is 204 g/mol. The van der Waals surface area contributed by atoms with E-state index in [1.54, 1.807) is 11.3 Å². The topological polar surface area (TPSA) is 29.3 Å². The van der Waals surface area contributed by atoms with Crippen LogP contribution in [0.4, 0.5) is 0 Å². The molecule has 1 aliphatic rings. The van der Waals surface area contributed by atoms with Gasteiger partial charge in [-0.1, -0.05) is 11.8 Å². The van der Waals surface area contributed by atoms with Crippen molar-refractivity contribution in [3.05, 3.63) is 21.9 Å². The minimum Gasteiger partial charge on any atom is -0.320 e. The van der Waals surface area contributed by atoms with Crippen LogP contribution >= 0.6 is 11.3 Å². The van der Waals surface area contributed by atoms with Crippen LogP contribution in [0.3, 0.4) is 0 Å². The molecule has 1 aromatic heterocycles. The molecule has 3 heteroatoms. The van der Waals surface area contributed by atoms with Gasteiger partial charge < -0.3 is 5.73 Å². The third-order valence-electron chi connectivity index (χ3n) is 2.57. The molecule has 15 heavy (non-hydrogen) atoms. The van der Waals surface area contributed by atoms with Gasteiger partial charge in [-0.05, 0) is 32.0 Å². The van der Waals surface area contributed by atoms with Gasteiger partial charge in [-0.2, -0.15) is 0 Å². The number of hydrogen-bond acceptors (Lipinski definition) is 3. The minimum atomic E-state index is 0.442. The highest BCUT2D eigenvalue weighted by Gasteiger charge is 2.12. The normalized spacial score (nSPS) is 16.3. The average Bonchev–Trinajstić information content (AvgIpc) is 2.87. The third-order valence-corrected chi connectivity index (χ3v) is 3.49. The lowest BCUT2D eigenvalue weighted by molar-refractivity contribution is 0.334. The Morgan fingerprint density at radius 2 is 2.20 bits per heavy atom. The first-order valence-corrected chi connectivity index (χ1v) is 6.25. The Hall–Kier alpha value is -0.820. The molecule has 2 N–H and O–H groups in total. The lowest BCUT2D eigenvalue weighted by Gasteiger charge is -2.12. The molecule has 2 rings (SSSR count). The Labute approximate surface area is 95.1 Å². The maximum absolute atomic E-state index is 5.34. The van der Waals surface area contributed by atoms with E-state index in [2.05, 4.69) is 28.2 Å². The average molecular weight is 220 g/mol. The molecule has 2 nitrogen and oxygen atoms in total. The van der Waals surface area contributed by atoms with Gasteiger partial charge in [0, 0.05) is 22.4 Å². The standard InChI is InChI=1S/C12H16N2S/c13-5-3-4-11-8-12(15-10-11)9-14-6-1-2-7-14/h8,10H,1-2,5-7,9,13H2. The number of likely N-dealkylation sites (tertiary alicyclic amines) is 1. The first-order valence-electron chi connectivity index (χ1n) is 5.37. The van der Waals surface area contributed by atoms with Crippen molar-refractivity contribution < 1.29 is 0 Å². The van der Waals surface area contributed by atoms with Crippen LogP contribution < -0.4 is 5.73 Å². The van der Waals surface area contributed by atoms with Gasteiger partial charge in [-0.15, -0.1) is 11.3 Å². The maximum Gasteiger partial charge on any atom is 0.0555 e. The van der Waals surface area contributed by atoms with Crippen LogP contribution in [0.5, 0.6) is 0 Å². The van der Waals surface area contributed by atoms with Crippen molar-refractivity contribution in [1.29, 1.82) is 0 Å². The molecule has 1 aliphatic heterocycles. The molecule has 0 spiro atoms. The molecule has 2 heterocycles. The second-order valence-electron chi connectivity index (χ2n) is 3.79. The van der Waals surface area contributed by atoms with Crippen LogP contribution in [0.1, 0.15) is 23.3 Å². The Balaban J connectivity index is 1.94. The fourth-order valence-corrected chi connectivity index (χ4v) is 2.70. The molecule has 0 aliphatic carbocycles. The van der Waals surface area contributed by atoms with Gasteiger partial charge in [0.1, 0.15) is 0 Å². The summed E-state index contributed by atoms with van der Waals surface area (Å²) in [6.07, 6.45) is 2.70. The first kappa shape index (κ1) is 10.7. The Morgan fingerprint density at radius 1 is 1.40 bits per heavy atom. The largest absolute Gasteiger partial charge is 0.320 e. The molecule has 1 saturated heterocycles. The van der Waals surface area contributed by atoms with Crippen molar-refractivity contribution in [3.63, 3.8) is 0 Å². The van der Waals surface area contributed by atoms with Gasteiger partial charge in [0.2, 0.25) is 0 Å². The lowest BCUT2D eigenvalue weighted by atomic mass is 10.3. The second-order valence-corrected chi connectivity index (χ2v) is 4.79. The van der Waals surface area contributed by atoms with Gasteiger partial charge in [0.25, 0.3) is 0 Å². The van der Waals surface area contributed by atoms with Crippen LogP contribution in [0.15, 0.2) is 11.4 Å². The Kier molecular flexibility index (Phi) is 3.79. The van der Waals surface area contributed by atoms with Crippen LogP contribution in [0.2, 0.25) is 0 Å². The lowest BCUT2D eigenvalue weighted by Crippen LogP contribution is -2.17. The molecule has 0 unspecified atom stereocenters. The number of nitrogens with two attached hydrogens (primary N) is 1. The molecule has 0 saturated carbocycles. The number of thiophene rings is 1. The van der Waals surface area contributed by atoms with Gasteiger partial charge in [-0.3, -0.25) is 4.90 Å². The molecule has 0 amide bonds. The SMILES string of the molecule is NCC#Cc1csc(CN2CCCC2)c1. The summed E-state index contributed by atoms with van der Waals surface area (Å²) in [5.41, 5.74) is 6.45. The van der Waals surface area contributed by atoms with Gasteiger partial charge in [0.15, 0.2) is 0 Å².